The number of carbonyl (C=O) groups excluding carboxylic acids is 2. The predicted molar refractivity (Wildman–Crippen MR) is 230 cm³/mol. The van der Waals surface area contributed by atoms with Crippen molar-refractivity contribution >= 4 is 24.2 Å². The Kier molecular flexibility index (Phi) is 13.2. The van der Waals surface area contributed by atoms with Crippen LogP contribution < -0.4 is 0 Å². The van der Waals surface area contributed by atoms with E-state index < -0.39 is 0 Å². The highest BCUT2D eigenvalue weighted by molar-refractivity contribution is 5.95. The van der Waals surface area contributed by atoms with Crippen LogP contribution in [0, 0.1) is 53.4 Å². The minimum atomic E-state index is 0. The van der Waals surface area contributed by atoms with Gasteiger partial charge in [-0.15, -0.1) is 12.4 Å². The average Bonchev–Trinajstić information content (AvgIpc) is 3.19. The maximum absolute atomic E-state index is 13.4. The second-order valence-corrected chi connectivity index (χ2v) is 16.7. The van der Waals surface area contributed by atoms with Gasteiger partial charge in [-0.2, -0.15) is 0 Å². The van der Waals surface area contributed by atoms with Crippen LogP contribution in [0.4, 0.5) is 0 Å². The number of halogens is 1. The summed E-state index contributed by atoms with van der Waals surface area (Å²) in [7, 11) is 0. The fraction of sp³-hybridized carbons (Fsp3) is 0.458. The smallest absolute Gasteiger partial charge is 0.253 e. The van der Waals surface area contributed by atoms with Crippen LogP contribution in [0.5, 0.6) is 0 Å². The topological polar surface area (TPSA) is 47.1 Å². The summed E-state index contributed by atoms with van der Waals surface area (Å²) in [5.74, 6) is 1.82. The second kappa shape index (κ2) is 17.9. The van der Waals surface area contributed by atoms with Gasteiger partial charge < -0.3 is 9.80 Å². The molecule has 3 fully saturated rings. The SMILES string of the molecule is Cc1cc(-c2ccc(C(=O)N3CCN(CC4CCC(CN5CCN(C(=O)c6ccc(-c7cc(C)c(C)c(C)c7)cc6)CC5)CC4)CC3)cc2)cc(C)c1C.Cl. The molecule has 4 aromatic rings. The fourth-order valence-corrected chi connectivity index (χ4v) is 8.97. The van der Waals surface area contributed by atoms with E-state index in [-0.39, 0.29) is 24.2 Å². The Balaban J connectivity index is 0.00000514. The third kappa shape index (κ3) is 9.53. The molecule has 0 N–H and O–H groups in total. The largest absolute Gasteiger partial charge is 0.336 e. The van der Waals surface area contributed by atoms with Crippen LogP contribution in [0.15, 0.2) is 72.8 Å². The number of piperazine rings is 2. The summed E-state index contributed by atoms with van der Waals surface area (Å²) in [4.78, 5) is 36.0. The van der Waals surface area contributed by atoms with Gasteiger partial charge in [0, 0.05) is 76.6 Å². The van der Waals surface area contributed by atoms with Crippen LogP contribution in [0.3, 0.4) is 0 Å². The molecule has 7 heteroatoms. The van der Waals surface area contributed by atoms with Crippen LogP contribution >= 0.6 is 12.4 Å². The van der Waals surface area contributed by atoms with Crippen molar-refractivity contribution < 1.29 is 9.59 Å². The predicted octanol–water partition coefficient (Wildman–Crippen LogP) is 9.32. The van der Waals surface area contributed by atoms with Crippen molar-refractivity contribution in [1.82, 2.24) is 19.6 Å². The zero-order valence-electron chi connectivity index (χ0n) is 34.0. The number of hydrogen-bond donors (Lipinski definition) is 0. The van der Waals surface area contributed by atoms with Crippen molar-refractivity contribution in [2.24, 2.45) is 11.8 Å². The molecule has 2 saturated heterocycles. The normalized spacial score (nSPS) is 19.6. The Morgan fingerprint density at radius 2 is 0.745 bits per heavy atom. The van der Waals surface area contributed by atoms with Gasteiger partial charge >= 0.3 is 0 Å². The molecule has 3 aliphatic rings. The standard InChI is InChI=1S/C48H60N4O2.ClH/c1-33-27-45(28-34(2)37(33)5)41-11-15-43(16-12-41)47(53)51-23-19-49(20-24-51)31-39-7-9-40(10-8-39)32-50-21-25-52(26-22-50)48(54)44-17-13-42(14-18-44)46-29-35(3)38(6)36(4)30-46;/h11-18,27-30,39-40H,7-10,19-26,31-32H2,1-6H3;1H. The molecule has 2 heterocycles. The van der Waals surface area contributed by atoms with E-state index >= 15 is 0 Å². The van der Waals surface area contributed by atoms with Gasteiger partial charge in [0.1, 0.15) is 0 Å². The molecule has 2 aliphatic heterocycles. The first-order chi connectivity index (χ1) is 26.0. The molecule has 292 valence electrons. The molecule has 4 aromatic carbocycles. The number of amides is 2. The van der Waals surface area contributed by atoms with E-state index in [2.05, 4.69) is 99.9 Å². The quantitative estimate of drug-likeness (QED) is 0.180. The molecule has 0 spiro atoms. The zero-order chi connectivity index (χ0) is 37.9. The van der Waals surface area contributed by atoms with Crippen LogP contribution in [0.2, 0.25) is 0 Å². The molecule has 6 nitrogen and oxygen atoms in total. The molecule has 2 amide bonds. The third-order valence-electron chi connectivity index (χ3n) is 13.1. The zero-order valence-corrected chi connectivity index (χ0v) is 34.8. The highest BCUT2D eigenvalue weighted by atomic mass is 35.5. The number of nitrogens with zero attached hydrogens (tertiary/aromatic N) is 4. The maximum Gasteiger partial charge on any atom is 0.253 e. The summed E-state index contributed by atoms with van der Waals surface area (Å²) < 4.78 is 0. The van der Waals surface area contributed by atoms with Crippen molar-refractivity contribution in [3.05, 3.63) is 117 Å². The summed E-state index contributed by atoms with van der Waals surface area (Å²) in [6.45, 7) is 22.4. The Hall–Kier alpha value is -3.97. The molecule has 1 saturated carbocycles. The van der Waals surface area contributed by atoms with E-state index in [1.54, 1.807) is 0 Å². The minimum Gasteiger partial charge on any atom is -0.336 e. The van der Waals surface area contributed by atoms with Gasteiger partial charge in [-0.3, -0.25) is 19.4 Å². The number of hydrogen-bond acceptors (Lipinski definition) is 4. The molecule has 0 unspecified atom stereocenters. The minimum absolute atomic E-state index is 0. The Bertz CT molecular complexity index is 1760. The lowest BCUT2D eigenvalue weighted by Gasteiger charge is -2.40. The first kappa shape index (κ1) is 40.7. The lowest BCUT2D eigenvalue weighted by Crippen LogP contribution is -2.50. The fourth-order valence-electron chi connectivity index (χ4n) is 8.97. The summed E-state index contributed by atoms with van der Waals surface area (Å²) >= 11 is 0. The highest BCUT2D eigenvalue weighted by Crippen LogP contribution is 2.31. The van der Waals surface area contributed by atoms with E-state index in [4.69, 9.17) is 0 Å². The molecule has 0 radical (unpaired) electrons. The maximum atomic E-state index is 13.4. The lowest BCUT2D eigenvalue weighted by molar-refractivity contribution is 0.0555. The summed E-state index contributed by atoms with van der Waals surface area (Å²) in [6, 6.07) is 25.4. The lowest BCUT2D eigenvalue weighted by atomic mass is 9.81. The van der Waals surface area contributed by atoms with E-state index in [0.29, 0.717) is 0 Å². The van der Waals surface area contributed by atoms with E-state index in [9.17, 15) is 9.59 Å². The molecule has 0 bridgehead atoms. The molecule has 1 aliphatic carbocycles. The van der Waals surface area contributed by atoms with Crippen molar-refractivity contribution in [3.63, 3.8) is 0 Å². The number of aryl methyl sites for hydroxylation is 4. The van der Waals surface area contributed by atoms with Gasteiger partial charge in [-0.25, -0.2) is 0 Å². The van der Waals surface area contributed by atoms with Crippen molar-refractivity contribution in [2.75, 3.05) is 65.4 Å². The molecule has 7 rings (SSSR count). The number of carbonyl (C=O) groups is 2. The highest BCUT2D eigenvalue weighted by Gasteiger charge is 2.29. The first-order valence-corrected chi connectivity index (χ1v) is 20.4. The van der Waals surface area contributed by atoms with Crippen LogP contribution in [-0.4, -0.2) is 96.9 Å². The second-order valence-electron chi connectivity index (χ2n) is 16.7. The van der Waals surface area contributed by atoms with Crippen molar-refractivity contribution in [2.45, 2.75) is 67.2 Å². The van der Waals surface area contributed by atoms with Gasteiger partial charge in [0.05, 0.1) is 0 Å². The van der Waals surface area contributed by atoms with E-state index in [1.807, 2.05) is 34.1 Å². The molecular weight excluding hydrogens is 700 g/mol. The van der Waals surface area contributed by atoms with Crippen LogP contribution in [-0.2, 0) is 0 Å². The number of benzene rings is 4. The average molecular weight is 761 g/mol. The summed E-state index contributed by atoms with van der Waals surface area (Å²) in [6.07, 6.45) is 5.19. The van der Waals surface area contributed by atoms with E-state index in [1.165, 1.54) is 70.2 Å². The molecular formula is C48H61ClN4O2. The summed E-state index contributed by atoms with van der Waals surface area (Å²) in [5, 5.41) is 0. The third-order valence-corrected chi connectivity index (χ3v) is 13.1. The Morgan fingerprint density at radius 1 is 0.455 bits per heavy atom. The monoisotopic (exact) mass is 760 g/mol. The van der Waals surface area contributed by atoms with Gasteiger partial charge in [0.15, 0.2) is 0 Å². The van der Waals surface area contributed by atoms with Crippen LogP contribution in [0.25, 0.3) is 22.3 Å². The Morgan fingerprint density at radius 3 is 1.04 bits per heavy atom. The van der Waals surface area contributed by atoms with Gasteiger partial charge in [0.2, 0.25) is 0 Å². The molecule has 0 atom stereocenters. The van der Waals surface area contributed by atoms with Crippen LogP contribution in [0.1, 0.15) is 79.8 Å². The number of rotatable bonds is 8. The molecule has 55 heavy (non-hydrogen) atoms. The van der Waals surface area contributed by atoms with Gasteiger partial charge in [0.25, 0.3) is 11.8 Å². The van der Waals surface area contributed by atoms with Crippen molar-refractivity contribution in [1.29, 1.82) is 0 Å². The Labute approximate surface area is 336 Å². The van der Waals surface area contributed by atoms with Gasteiger partial charge in [-0.1, -0.05) is 48.5 Å². The van der Waals surface area contributed by atoms with Gasteiger partial charge in [-0.05, 0) is 159 Å². The van der Waals surface area contributed by atoms with Crippen molar-refractivity contribution in [3.8, 4) is 22.3 Å². The first-order valence-electron chi connectivity index (χ1n) is 20.4. The molecule has 0 aromatic heterocycles. The van der Waals surface area contributed by atoms with E-state index in [0.717, 1.165) is 99.5 Å². The summed E-state index contributed by atoms with van der Waals surface area (Å²) in [5.41, 5.74) is 14.2.